The van der Waals surface area contributed by atoms with Crippen LogP contribution in [0.1, 0.15) is 72.4 Å². The summed E-state index contributed by atoms with van der Waals surface area (Å²) in [5.74, 6) is -3.28. The van der Waals surface area contributed by atoms with E-state index in [1.165, 1.54) is 12.3 Å². The molecule has 0 aliphatic carbocycles. The zero-order valence-corrected chi connectivity index (χ0v) is 21.7. The van der Waals surface area contributed by atoms with Crippen molar-refractivity contribution in [1.29, 1.82) is 0 Å². The number of aryl methyl sites for hydroxylation is 3. The minimum atomic E-state index is -3.42. The van der Waals surface area contributed by atoms with Crippen LogP contribution in [-0.2, 0) is 5.66 Å². The molecule has 0 bridgehead atoms. The molecule has 2 aliphatic rings. The van der Waals surface area contributed by atoms with Gasteiger partial charge in [-0.25, -0.2) is 4.98 Å². The molecule has 4 aromatic heterocycles. The first-order chi connectivity index (χ1) is 22.8. The van der Waals surface area contributed by atoms with Crippen molar-refractivity contribution < 1.29 is 27.3 Å². The molecule has 1 atom stereocenters. The molecular formula is C35H31N3O+2. The molecule has 6 heterocycles. The van der Waals surface area contributed by atoms with E-state index in [9.17, 15) is 1.37 Å². The zero-order chi connectivity index (χ0) is 35.2. The van der Waals surface area contributed by atoms with E-state index in [0.717, 1.165) is 44.4 Å². The summed E-state index contributed by atoms with van der Waals surface area (Å²) in [5, 5.41) is 1.48. The van der Waals surface area contributed by atoms with Crippen LogP contribution in [-0.4, -0.2) is 4.98 Å². The van der Waals surface area contributed by atoms with Gasteiger partial charge in [0.2, 0.25) is 17.1 Å². The molecule has 190 valence electrons. The SMILES string of the molecule is [2H]C([2H])([2H])c1c[n+]2c(cc1C([2H])(C([2H])([2H])[2H])C([2H])([2H])[2H])-c1c(ccc3c1oc1nc(C)ccc13)C21c2ccccc2-c2c(C)c(C)cc[n+]21. The van der Waals surface area contributed by atoms with Crippen LogP contribution in [0.2, 0.25) is 0 Å². The van der Waals surface area contributed by atoms with Crippen molar-refractivity contribution in [2.75, 3.05) is 0 Å². The molecule has 0 fully saturated rings. The van der Waals surface area contributed by atoms with Crippen LogP contribution in [0.5, 0.6) is 0 Å². The van der Waals surface area contributed by atoms with Gasteiger partial charge >= 0.3 is 5.66 Å². The summed E-state index contributed by atoms with van der Waals surface area (Å²) in [6, 6.07) is 18.8. The van der Waals surface area contributed by atoms with Gasteiger partial charge in [-0.2, -0.15) is 0 Å². The van der Waals surface area contributed by atoms with Crippen LogP contribution in [0.4, 0.5) is 0 Å². The Labute approximate surface area is 242 Å². The highest BCUT2D eigenvalue weighted by molar-refractivity contribution is 6.09. The van der Waals surface area contributed by atoms with Gasteiger partial charge in [0.05, 0.1) is 5.56 Å². The lowest BCUT2D eigenvalue weighted by Crippen LogP contribution is -2.71. The number of fused-ring (bicyclic) bond motifs is 14. The topological polar surface area (TPSA) is 33.8 Å². The second kappa shape index (κ2) is 7.41. The third kappa shape index (κ3) is 2.62. The Hall–Kier alpha value is -4.31. The molecule has 0 N–H and O–H groups in total. The number of pyridine rings is 3. The van der Waals surface area contributed by atoms with Crippen molar-refractivity contribution in [3.8, 4) is 22.5 Å². The average Bonchev–Trinajstić information content (AvgIpc) is 3.63. The number of benzene rings is 2. The zero-order valence-electron chi connectivity index (χ0n) is 31.7. The quantitative estimate of drug-likeness (QED) is 0.215. The van der Waals surface area contributed by atoms with Crippen LogP contribution in [0.15, 0.2) is 77.5 Å². The van der Waals surface area contributed by atoms with Crippen molar-refractivity contribution >= 4 is 22.1 Å². The predicted molar refractivity (Wildman–Crippen MR) is 154 cm³/mol. The lowest BCUT2D eigenvalue weighted by Gasteiger charge is -2.18. The molecule has 6 aromatic rings. The second-order valence-electron chi connectivity index (χ2n) is 10.6. The first-order valence-corrected chi connectivity index (χ1v) is 12.9. The largest absolute Gasteiger partial charge is 0.437 e. The molecule has 4 nitrogen and oxygen atoms in total. The molecule has 4 heteroatoms. The van der Waals surface area contributed by atoms with E-state index in [-0.39, 0.29) is 0 Å². The third-order valence-corrected chi connectivity index (χ3v) is 8.55. The number of nitrogens with zero attached hydrogens (tertiary/aromatic N) is 3. The number of hydrogen-bond acceptors (Lipinski definition) is 2. The summed E-state index contributed by atoms with van der Waals surface area (Å²) in [6.45, 7) is -3.91. The van der Waals surface area contributed by atoms with E-state index in [4.69, 9.17) is 16.8 Å². The molecule has 39 heavy (non-hydrogen) atoms. The number of furan rings is 1. The van der Waals surface area contributed by atoms with Crippen molar-refractivity contribution in [2.45, 2.75) is 52.9 Å². The summed E-state index contributed by atoms with van der Waals surface area (Å²) >= 11 is 0. The van der Waals surface area contributed by atoms with Crippen molar-refractivity contribution in [3.05, 3.63) is 112 Å². The van der Waals surface area contributed by atoms with Gasteiger partial charge in [-0.1, -0.05) is 25.8 Å². The lowest BCUT2D eigenvalue weighted by molar-refractivity contribution is -0.955. The van der Waals surface area contributed by atoms with Gasteiger partial charge in [0.25, 0.3) is 0 Å². The average molecular weight is 520 g/mol. The maximum atomic E-state index is 9.17. The van der Waals surface area contributed by atoms with Crippen molar-refractivity contribution in [3.63, 3.8) is 0 Å². The number of rotatable bonds is 1. The Morgan fingerprint density at radius 3 is 2.62 bits per heavy atom. The summed E-state index contributed by atoms with van der Waals surface area (Å²) < 4.78 is 95.2. The van der Waals surface area contributed by atoms with Crippen molar-refractivity contribution in [2.24, 2.45) is 0 Å². The Morgan fingerprint density at radius 1 is 0.923 bits per heavy atom. The monoisotopic (exact) mass is 519 g/mol. The Balaban J connectivity index is 1.63. The fraction of sp³-hybridized carbons (Fsp3) is 0.229. The number of hydrogen-bond donors (Lipinski definition) is 0. The van der Waals surface area contributed by atoms with Crippen LogP contribution in [0.25, 0.3) is 44.6 Å². The van der Waals surface area contributed by atoms with Gasteiger partial charge in [-0.3, -0.25) is 0 Å². The molecule has 1 spiro atoms. The molecular weight excluding hydrogens is 478 g/mol. The Bertz CT molecular complexity index is 2410. The number of aromatic nitrogens is 3. The van der Waals surface area contributed by atoms with Gasteiger partial charge in [0.15, 0.2) is 18.0 Å². The minimum Gasteiger partial charge on any atom is -0.437 e. The van der Waals surface area contributed by atoms with Crippen LogP contribution in [0.3, 0.4) is 0 Å². The summed E-state index contributed by atoms with van der Waals surface area (Å²) in [4.78, 5) is 4.61. The summed E-state index contributed by atoms with van der Waals surface area (Å²) in [6.07, 6.45) is 3.29. The minimum absolute atomic E-state index is 0.317. The van der Waals surface area contributed by atoms with Gasteiger partial charge in [-0.05, 0) is 81.0 Å². The van der Waals surface area contributed by atoms with Gasteiger partial charge in [0.1, 0.15) is 16.7 Å². The standard InChI is InChI=1S/C35H31N3O/c1-19(2)27-17-30-31-29(14-13-24-25-12-11-22(5)36-34(25)39-33(24)31)35(38(30)18-21(27)4)28-10-8-7-9-26(28)32-23(6)20(3)15-16-37(32)35/h7-19H,1-6H3/q+2/i1D3,2D3,4D3,19D. The first-order valence-electron chi connectivity index (χ1n) is 17.9. The fourth-order valence-electron chi connectivity index (χ4n) is 6.71. The highest BCUT2D eigenvalue weighted by atomic mass is 16.3. The van der Waals surface area contributed by atoms with E-state index in [0.29, 0.717) is 28.1 Å². The smallest absolute Gasteiger partial charge is 0.417 e. The van der Waals surface area contributed by atoms with Gasteiger partial charge in [-0.15, -0.1) is 9.13 Å². The molecule has 2 aromatic carbocycles. The third-order valence-electron chi connectivity index (χ3n) is 8.55. The van der Waals surface area contributed by atoms with E-state index in [1.54, 1.807) is 4.57 Å². The lowest BCUT2D eigenvalue weighted by atomic mass is 9.89. The van der Waals surface area contributed by atoms with E-state index < -0.39 is 43.2 Å². The molecule has 8 rings (SSSR count). The highest BCUT2D eigenvalue weighted by Crippen LogP contribution is 2.51. The first kappa shape index (κ1) is 14.7. The van der Waals surface area contributed by atoms with E-state index in [1.807, 2.05) is 81.6 Å². The summed E-state index contributed by atoms with van der Waals surface area (Å²) in [5.41, 5.74) is 5.52. The fourth-order valence-corrected chi connectivity index (χ4v) is 6.71. The molecule has 2 aliphatic heterocycles. The molecule has 0 radical (unpaired) electrons. The maximum Gasteiger partial charge on any atom is 0.417 e. The maximum absolute atomic E-state index is 9.17. The van der Waals surface area contributed by atoms with Crippen LogP contribution >= 0.6 is 0 Å². The second-order valence-corrected chi connectivity index (χ2v) is 10.6. The molecule has 1 unspecified atom stereocenters. The Kier molecular flexibility index (Phi) is 2.80. The van der Waals surface area contributed by atoms with Crippen molar-refractivity contribution in [1.82, 2.24) is 4.98 Å². The van der Waals surface area contributed by atoms with Crippen LogP contribution < -0.4 is 9.13 Å². The van der Waals surface area contributed by atoms with Gasteiger partial charge in [0, 0.05) is 53.4 Å². The van der Waals surface area contributed by atoms with Crippen LogP contribution in [0, 0.1) is 27.6 Å². The van der Waals surface area contributed by atoms with E-state index in [2.05, 4.69) is 9.55 Å². The summed E-state index contributed by atoms with van der Waals surface area (Å²) in [7, 11) is 0. The molecule has 0 amide bonds. The Morgan fingerprint density at radius 2 is 1.77 bits per heavy atom. The van der Waals surface area contributed by atoms with Gasteiger partial charge < -0.3 is 4.42 Å². The normalized spacial score (nSPS) is 21.8. The molecule has 0 saturated carbocycles. The molecule has 0 saturated heterocycles. The predicted octanol–water partition coefficient (Wildman–Crippen LogP) is 7.17. The van der Waals surface area contributed by atoms with E-state index >= 15 is 0 Å². The highest BCUT2D eigenvalue weighted by Gasteiger charge is 2.67.